The first kappa shape index (κ1) is 14.3. The SMILES string of the molecule is C=CCN/C=C(/C#N)C(=O)N(C)C1CCCCC1. The maximum Gasteiger partial charge on any atom is 0.265 e. The molecule has 0 aromatic rings. The fourth-order valence-electron chi connectivity index (χ4n) is 2.21. The first-order valence-electron chi connectivity index (χ1n) is 6.42. The molecule has 1 aliphatic carbocycles. The first-order valence-corrected chi connectivity index (χ1v) is 6.42. The summed E-state index contributed by atoms with van der Waals surface area (Å²) in [7, 11) is 1.79. The number of hydrogen-bond acceptors (Lipinski definition) is 3. The molecule has 0 radical (unpaired) electrons. The van der Waals surface area contributed by atoms with Gasteiger partial charge in [0, 0.05) is 25.8 Å². The number of carbonyl (C=O) groups excluding carboxylic acids is 1. The minimum atomic E-state index is -0.194. The molecule has 18 heavy (non-hydrogen) atoms. The van der Waals surface area contributed by atoms with Crippen molar-refractivity contribution < 1.29 is 4.79 Å². The Morgan fingerprint density at radius 3 is 2.72 bits per heavy atom. The van der Waals surface area contributed by atoms with E-state index in [4.69, 9.17) is 5.26 Å². The van der Waals surface area contributed by atoms with E-state index in [1.807, 2.05) is 6.07 Å². The number of nitrogens with one attached hydrogen (secondary N) is 1. The predicted octanol–water partition coefficient (Wildman–Crippen LogP) is 1.96. The van der Waals surface area contributed by atoms with E-state index in [1.54, 1.807) is 18.0 Å². The molecule has 1 fully saturated rings. The number of amides is 1. The Labute approximate surface area is 109 Å². The zero-order chi connectivity index (χ0) is 13.4. The third-order valence-corrected chi connectivity index (χ3v) is 3.30. The van der Waals surface area contributed by atoms with Gasteiger partial charge >= 0.3 is 0 Å². The highest BCUT2D eigenvalue weighted by atomic mass is 16.2. The molecule has 0 aromatic heterocycles. The van der Waals surface area contributed by atoms with Crippen LogP contribution in [0, 0.1) is 11.3 Å². The summed E-state index contributed by atoms with van der Waals surface area (Å²) in [5.41, 5.74) is 0.157. The molecule has 0 heterocycles. The lowest BCUT2D eigenvalue weighted by atomic mass is 9.94. The van der Waals surface area contributed by atoms with Crippen molar-refractivity contribution in [2.24, 2.45) is 0 Å². The summed E-state index contributed by atoms with van der Waals surface area (Å²) in [5.74, 6) is -0.194. The summed E-state index contributed by atoms with van der Waals surface area (Å²) in [6.45, 7) is 4.11. The largest absolute Gasteiger partial charge is 0.386 e. The zero-order valence-corrected chi connectivity index (χ0v) is 11.0. The molecule has 1 rings (SSSR count). The van der Waals surface area contributed by atoms with Gasteiger partial charge in [-0.05, 0) is 12.8 Å². The summed E-state index contributed by atoms with van der Waals surface area (Å²) >= 11 is 0. The van der Waals surface area contributed by atoms with Gasteiger partial charge in [-0.1, -0.05) is 25.3 Å². The highest BCUT2D eigenvalue weighted by molar-refractivity contribution is 5.97. The fraction of sp³-hybridized carbons (Fsp3) is 0.571. The number of rotatable bonds is 5. The van der Waals surface area contributed by atoms with Crippen molar-refractivity contribution in [3.63, 3.8) is 0 Å². The Balaban J connectivity index is 2.62. The number of hydrogen-bond donors (Lipinski definition) is 1. The van der Waals surface area contributed by atoms with Crippen LogP contribution in [0.1, 0.15) is 32.1 Å². The Hall–Kier alpha value is -1.76. The van der Waals surface area contributed by atoms with Gasteiger partial charge in [0.15, 0.2) is 0 Å². The third kappa shape index (κ3) is 3.92. The van der Waals surface area contributed by atoms with Crippen molar-refractivity contribution in [3.8, 4) is 6.07 Å². The zero-order valence-electron chi connectivity index (χ0n) is 11.0. The van der Waals surface area contributed by atoms with E-state index in [9.17, 15) is 4.79 Å². The molecule has 4 heteroatoms. The molecule has 0 atom stereocenters. The molecule has 0 unspecified atom stereocenters. The van der Waals surface area contributed by atoms with Crippen LogP contribution in [0.4, 0.5) is 0 Å². The number of carbonyl (C=O) groups is 1. The van der Waals surface area contributed by atoms with Crippen molar-refractivity contribution in [1.82, 2.24) is 10.2 Å². The van der Waals surface area contributed by atoms with E-state index < -0.39 is 0 Å². The molecule has 0 aliphatic heterocycles. The lowest BCUT2D eigenvalue weighted by Gasteiger charge is -2.31. The van der Waals surface area contributed by atoms with Gasteiger partial charge in [0.25, 0.3) is 5.91 Å². The summed E-state index contributed by atoms with van der Waals surface area (Å²) in [6.07, 6.45) is 8.83. The van der Waals surface area contributed by atoms with Crippen LogP contribution in [0.2, 0.25) is 0 Å². The van der Waals surface area contributed by atoms with Crippen molar-refractivity contribution in [2.45, 2.75) is 38.1 Å². The monoisotopic (exact) mass is 247 g/mol. The van der Waals surface area contributed by atoms with Crippen LogP contribution in [0.3, 0.4) is 0 Å². The van der Waals surface area contributed by atoms with Crippen LogP contribution in [0.15, 0.2) is 24.4 Å². The van der Waals surface area contributed by atoms with Crippen molar-refractivity contribution in [1.29, 1.82) is 5.26 Å². The lowest BCUT2D eigenvalue weighted by Crippen LogP contribution is -2.39. The topological polar surface area (TPSA) is 56.1 Å². The summed E-state index contributed by atoms with van der Waals surface area (Å²) in [5, 5.41) is 11.9. The normalized spacial score (nSPS) is 16.8. The molecule has 0 bridgehead atoms. The molecular formula is C14H21N3O. The number of likely N-dealkylation sites (N-methyl/N-ethyl adjacent to an activating group) is 1. The molecular weight excluding hydrogens is 226 g/mol. The van der Waals surface area contributed by atoms with Gasteiger partial charge in [-0.25, -0.2) is 0 Å². The molecule has 0 saturated heterocycles. The summed E-state index contributed by atoms with van der Waals surface area (Å²) < 4.78 is 0. The Kier molecular flexibility index (Phi) is 5.99. The lowest BCUT2D eigenvalue weighted by molar-refractivity contribution is -0.128. The van der Waals surface area contributed by atoms with Gasteiger partial charge in [0.05, 0.1) is 0 Å². The smallest absolute Gasteiger partial charge is 0.265 e. The van der Waals surface area contributed by atoms with Crippen LogP contribution < -0.4 is 5.32 Å². The highest BCUT2D eigenvalue weighted by Crippen LogP contribution is 2.22. The minimum Gasteiger partial charge on any atom is -0.386 e. The van der Waals surface area contributed by atoms with E-state index in [0.29, 0.717) is 6.54 Å². The number of nitrogens with zero attached hydrogens (tertiary/aromatic N) is 2. The highest BCUT2D eigenvalue weighted by Gasteiger charge is 2.24. The standard InChI is InChI=1S/C14H21N3O/c1-3-9-16-11-12(10-15)14(18)17(2)13-7-5-4-6-8-13/h3,11,13,16H,1,4-9H2,2H3/b12-11-. The number of nitriles is 1. The van der Waals surface area contributed by atoms with Crippen LogP contribution >= 0.6 is 0 Å². The van der Waals surface area contributed by atoms with Crippen LogP contribution in [0.25, 0.3) is 0 Å². The maximum atomic E-state index is 12.1. The molecule has 98 valence electrons. The van der Waals surface area contributed by atoms with Gasteiger partial charge in [0.2, 0.25) is 0 Å². The predicted molar refractivity (Wildman–Crippen MR) is 71.5 cm³/mol. The van der Waals surface area contributed by atoms with Gasteiger partial charge in [-0.3, -0.25) is 4.79 Å². The van der Waals surface area contributed by atoms with E-state index >= 15 is 0 Å². The second-order valence-electron chi connectivity index (χ2n) is 4.57. The van der Waals surface area contributed by atoms with Crippen LogP contribution in [-0.2, 0) is 4.79 Å². The van der Waals surface area contributed by atoms with Crippen molar-refractivity contribution in [3.05, 3.63) is 24.4 Å². The third-order valence-electron chi connectivity index (χ3n) is 3.30. The Bertz CT molecular complexity index is 362. The summed E-state index contributed by atoms with van der Waals surface area (Å²) in [6, 6.07) is 2.23. The van der Waals surface area contributed by atoms with Crippen molar-refractivity contribution in [2.75, 3.05) is 13.6 Å². The quantitative estimate of drug-likeness (QED) is 0.350. The van der Waals surface area contributed by atoms with Crippen molar-refractivity contribution >= 4 is 5.91 Å². The second kappa shape index (κ2) is 7.54. The molecule has 0 spiro atoms. The molecule has 1 N–H and O–H groups in total. The maximum absolute atomic E-state index is 12.1. The van der Waals surface area contributed by atoms with Gasteiger partial charge in [0.1, 0.15) is 11.6 Å². The molecule has 1 aliphatic rings. The fourth-order valence-corrected chi connectivity index (χ4v) is 2.21. The second-order valence-corrected chi connectivity index (χ2v) is 4.57. The molecule has 1 amide bonds. The van der Waals surface area contributed by atoms with Gasteiger partial charge in [-0.15, -0.1) is 6.58 Å². The van der Waals surface area contributed by atoms with Gasteiger partial charge < -0.3 is 10.2 Å². The van der Waals surface area contributed by atoms with Crippen LogP contribution in [0.5, 0.6) is 0 Å². The minimum absolute atomic E-state index is 0.157. The first-order chi connectivity index (χ1) is 8.70. The molecule has 0 aromatic carbocycles. The molecule has 4 nitrogen and oxygen atoms in total. The van der Waals surface area contributed by atoms with E-state index in [0.717, 1.165) is 12.8 Å². The average Bonchev–Trinajstić information content (AvgIpc) is 2.43. The summed E-state index contributed by atoms with van der Waals surface area (Å²) in [4.78, 5) is 13.8. The van der Waals surface area contributed by atoms with E-state index in [-0.39, 0.29) is 17.5 Å². The van der Waals surface area contributed by atoms with Gasteiger partial charge in [-0.2, -0.15) is 5.26 Å². The van der Waals surface area contributed by atoms with E-state index in [2.05, 4.69) is 11.9 Å². The van der Waals surface area contributed by atoms with E-state index in [1.165, 1.54) is 25.5 Å². The average molecular weight is 247 g/mol. The Morgan fingerprint density at radius 1 is 1.50 bits per heavy atom. The molecule has 1 saturated carbocycles. The Morgan fingerprint density at radius 2 is 2.17 bits per heavy atom. The van der Waals surface area contributed by atoms with Crippen LogP contribution in [-0.4, -0.2) is 30.4 Å².